The van der Waals surface area contributed by atoms with Crippen LogP contribution in [0.25, 0.3) is 0 Å². The van der Waals surface area contributed by atoms with Crippen LogP contribution in [0, 0.1) is 6.92 Å². The molecule has 0 spiro atoms. The molecule has 0 unspecified atom stereocenters. The lowest BCUT2D eigenvalue weighted by atomic mass is 9.93. The second kappa shape index (κ2) is 9.31. The second-order valence-electron chi connectivity index (χ2n) is 8.32. The Morgan fingerprint density at radius 2 is 1.59 bits per heavy atom. The van der Waals surface area contributed by atoms with Crippen LogP contribution in [-0.4, -0.2) is 32.3 Å². The zero-order valence-corrected chi connectivity index (χ0v) is 18.2. The van der Waals surface area contributed by atoms with Crippen molar-refractivity contribution in [3.63, 3.8) is 0 Å². The summed E-state index contributed by atoms with van der Waals surface area (Å²) in [6.07, 6.45) is 0. The summed E-state index contributed by atoms with van der Waals surface area (Å²) in [4.78, 5) is 15.3. The molecular weight excluding hydrogens is 362 g/mol. The minimum Gasteiger partial charge on any atom is -0.378 e. The molecule has 1 aliphatic rings. The molecule has 0 aliphatic carbocycles. The SMILES string of the molecule is Cc1ccc(N2CCOCC2)c(NC(=O)Nc2c(C(C)C)cccc2C(C)C)c1. The standard InChI is InChI=1S/C24H33N3O2/c1-16(2)19-7-6-8-20(17(3)4)23(19)26-24(28)25-21-15-18(5)9-10-22(21)27-11-13-29-14-12-27/h6-10,15-17H,11-14H2,1-5H3,(H2,25,26,28). The lowest BCUT2D eigenvalue weighted by Gasteiger charge is -2.31. The first-order valence-electron chi connectivity index (χ1n) is 10.5. The monoisotopic (exact) mass is 395 g/mol. The maximum absolute atomic E-state index is 13.0. The fourth-order valence-corrected chi connectivity index (χ4v) is 3.79. The quantitative estimate of drug-likeness (QED) is 0.680. The first-order valence-corrected chi connectivity index (χ1v) is 10.5. The summed E-state index contributed by atoms with van der Waals surface area (Å²) in [6, 6.07) is 12.2. The van der Waals surface area contributed by atoms with Gasteiger partial charge in [0.05, 0.1) is 24.6 Å². The van der Waals surface area contributed by atoms with Gasteiger partial charge >= 0.3 is 6.03 Å². The number of carbonyl (C=O) groups is 1. The molecule has 0 saturated carbocycles. The van der Waals surface area contributed by atoms with Crippen LogP contribution in [0.4, 0.5) is 21.9 Å². The van der Waals surface area contributed by atoms with Gasteiger partial charge in [-0.1, -0.05) is 52.0 Å². The normalized spacial score (nSPS) is 14.4. The van der Waals surface area contributed by atoms with E-state index in [4.69, 9.17) is 4.74 Å². The van der Waals surface area contributed by atoms with E-state index < -0.39 is 0 Å². The van der Waals surface area contributed by atoms with Gasteiger partial charge < -0.3 is 20.3 Å². The first kappa shape index (κ1) is 21.2. The fraction of sp³-hybridized carbons (Fsp3) is 0.458. The summed E-state index contributed by atoms with van der Waals surface area (Å²) in [6.45, 7) is 13.7. The summed E-state index contributed by atoms with van der Waals surface area (Å²) in [5.74, 6) is 0.652. The van der Waals surface area contributed by atoms with Crippen LogP contribution < -0.4 is 15.5 Å². The van der Waals surface area contributed by atoms with Gasteiger partial charge in [-0.05, 0) is 47.6 Å². The fourth-order valence-electron chi connectivity index (χ4n) is 3.79. The van der Waals surface area contributed by atoms with Crippen LogP contribution in [0.2, 0.25) is 0 Å². The number of hydrogen-bond acceptors (Lipinski definition) is 3. The van der Waals surface area contributed by atoms with Crippen LogP contribution >= 0.6 is 0 Å². The molecule has 1 aliphatic heterocycles. The van der Waals surface area contributed by atoms with Crippen molar-refractivity contribution in [2.45, 2.75) is 46.5 Å². The smallest absolute Gasteiger partial charge is 0.323 e. The lowest BCUT2D eigenvalue weighted by Crippen LogP contribution is -2.37. The average molecular weight is 396 g/mol. The average Bonchev–Trinajstić information content (AvgIpc) is 2.68. The van der Waals surface area contributed by atoms with Crippen LogP contribution in [-0.2, 0) is 4.74 Å². The van der Waals surface area contributed by atoms with Crippen molar-refractivity contribution in [2.24, 2.45) is 0 Å². The molecule has 29 heavy (non-hydrogen) atoms. The Labute approximate surface area is 174 Å². The van der Waals surface area contributed by atoms with E-state index in [0.29, 0.717) is 25.0 Å². The summed E-state index contributed by atoms with van der Waals surface area (Å²) < 4.78 is 5.47. The number of hydrogen-bond donors (Lipinski definition) is 2. The number of benzene rings is 2. The molecule has 1 saturated heterocycles. The van der Waals surface area contributed by atoms with Gasteiger partial charge in [0, 0.05) is 18.8 Å². The van der Waals surface area contributed by atoms with E-state index >= 15 is 0 Å². The van der Waals surface area contributed by atoms with Gasteiger partial charge in [-0.3, -0.25) is 0 Å². The molecule has 1 heterocycles. The predicted molar refractivity (Wildman–Crippen MR) is 121 cm³/mol. The Bertz CT molecular complexity index is 829. The Kier molecular flexibility index (Phi) is 6.80. The van der Waals surface area contributed by atoms with Gasteiger partial charge in [0.15, 0.2) is 0 Å². The van der Waals surface area contributed by atoms with Crippen LogP contribution in [0.5, 0.6) is 0 Å². The number of carbonyl (C=O) groups excluding carboxylic acids is 1. The Morgan fingerprint density at radius 1 is 0.966 bits per heavy atom. The minimum absolute atomic E-state index is 0.208. The van der Waals surface area contributed by atoms with Gasteiger partial charge in [-0.2, -0.15) is 0 Å². The Balaban J connectivity index is 1.86. The Morgan fingerprint density at radius 3 is 2.17 bits per heavy atom. The van der Waals surface area contributed by atoms with E-state index in [1.165, 1.54) is 0 Å². The van der Waals surface area contributed by atoms with Crippen molar-refractivity contribution in [1.82, 2.24) is 0 Å². The van der Waals surface area contributed by atoms with E-state index in [1.807, 2.05) is 13.0 Å². The summed E-state index contributed by atoms with van der Waals surface area (Å²) >= 11 is 0. The van der Waals surface area contributed by atoms with Crippen LogP contribution in [0.3, 0.4) is 0 Å². The molecule has 1 fully saturated rings. The number of aryl methyl sites for hydroxylation is 1. The molecule has 0 radical (unpaired) electrons. The number of para-hydroxylation sites is 1. The van der Waals surface area contributed by atoms with Crippen LogP contribution in [0.1, 0.15) is 56.2 Å². The zero-order chi connectivity index (χ0) is 21.0. The van der Waals surface area contributed by atoms with Gasteiger partial charge in [-0.25, -0.2) is 4.79 Å². The second-order valence-corrected chi connectivity index (χ2v) is 8.32. The highest BCUT2D eigenvalue weighted by Gasteiger charge is 2.19. The van der Waals surface area contributed by atoms with Gasteiger partial charge in [0.1, 0.15) is 0 Å². The molecule has 5 nitrogen and oxygen atoms in total. The molecule has 3 rings (SSSR count). The van der Waals surface area contributed by atoms with E-state index in [9.17, 15) is 4.79 Å². The van der Waals surface area contributed by atoms with Crippen molar-refractivity contribution in [1.29, 1.82) is 0 Å². The van der Waals surface area contributed by atoms with Crippen molar-refractivity contribution in [2.75, 3.05) is 41.8 Å². The first-order chi connectivity index (χ1) is 13.9. The Hall–Kier alpha value is -2.53. The molecular formula is C24H33N3O2. The third-order valence-electron chi connectivity index (χ3n) is 5.36. The number of ether oxygens (including phenoxy) is 1. The molecule has 0 bridgehead atoms. The maximum atomic E-state index is 13.0. The number of morpholine rings is 1. The van der Waals surface area contributed by atoms with Crippen LogP contribution in [0.15, 0.2) is 36.4 Å². The molecule has 0 aromatic heterocycles. The maximum Gasteiger partial charge on any atom is 0.323 e. The van der Waals surface area contributed by atoms with Gasteiger partial charge in [0.2, 0.25) is 0 Å². The van der Waals surface area contributed by atoms with Crippen molar-refractivity contribution in [3.8, 4) is 0 Å². The lowest BCUT2D eigenvalue weighted by molar-refractivity contribution is 0.123. The highest BCUT2D eigenvalue weighted by Crippen LogP contribution is 2.33. The van der Waals surface area contributed by atoms with E-state index in [1.54, 1.807) is 0 Å². The number of rotatable bonds is 5. The third-order valence-corrected chi connectivity index (χ3v) is 5.36. The van der Waals surface area contributed by atoms with Crippen molar-refractivity contribution >= 4 is 23.1 Å². The number of urea groups is 1. The van der Waals surface area contributed by atoms with Crippen molar-refractivity contribution in [3.05, 3.63) is 53.1 Å². The molecule has 156 valence electrons. The third kappa shape index (κ3) is 5.10. The van der Waals surface area contributed by atoms with Gasteiger partial charge in [-0.15, -0.1) is 0 Å². The minimum atomic E-state index is -0.208. The topological polar surface area (TPSA) is 53.6 Å². The van der Waals surface area contributed by atoms with Crippen molar-refractivity contribution < 1.29 is 9.53 Å². The molecule has 2 amide bonds. The number of anilines is 3. The van der Waals surface area contributed by atoms with Gasteiger partial charge in [0.25, 0.3) is 0 Å². The highest BCUT2D eigenvalue weighted by atomic mass is 16.5. The number of nitrogens with one attached hydrogen (secondary N) is 2. The number of amides is 2. The molecule has 2 aromatic carbocycles. The van der Waals surface area contributed by atoms with E-state index in [2.05, 4.69) is 73.6 Å². The molecule has 5 heteroatoms. The molecule has 2 aromatic rings. The highest BCUT2D eigenvalue weighted by molar-refractivity contribution is 6.03. The summed E-state index contributed by atoms with van der Waals surface area (Å²) in [5, 5.41) is 6.24. The predicted octanol–water partition coefficient (Wildman–Crippen LogP) is 5.72. The zero-order valence-electron chi connectivity index (χ0n) is 18.2. The number of nitrogens with zero attached hydrogens (tertiary/aromatic N) is 1. The summed E-state index contributed by atoms with van der Waals surface area (Å²) in [5.41, 5.74) is 6.22. The van der Waals surface area contributed by atoms with E-state index in [-0.39, 0.29) is 6.03 Å². The van der Waals surface area contributed by atoms with E-state index in [0.717, 1.165) is 46.8 Å². The summed E-state index contributed by atoms with van der Waals surface area (Å²) in [7, 11) is 0. The molecule has 2 N–H and O–H groups in total. The largest absolute Gasteiger partial charge is 0.378 e. The molecule has 0 atom stereocenters.